The van der Waals surface area contributed by atoms with Crippen molar-refractivity contribution in [1.82, 2.24) is 4.98 Å². The number of halogens is 3. The first-order valence-corrected chi connectivity index (χ1v) is 8.97. The Balaban J connectivity index is 1.75. The normalized spacial score (nSPS) is 26.5. The van der Waals surface area contributed by atoms with Crippen LogP contribution >= 0.6 is 11.3 Å². The van der Waals surface area contributed by atoms with E-state index in [1.807, 2.05) is 30.3 Å². The first kappa shape index (κ1) is 16.5. The fraction of sp³-hybridized carbons (Fsp3) is 0.412. The minimum Gasteiger partial charge on any atom is -0.362 e. The average molecular weight is 367 g/mol. The highest BCUT2D eigenvalue weighted by molar-refractivity contribution is 7.14. The molecule has 0 amide bonds. The summed E-state index contributed by atoms with van der Waals surface area (Å²) in [5, 5.41) is 17.2. The Morgan fingerprint density at radius 1 is 1.20 bits per heavy atom. The fourth-order valence-electron chi connectivity index (χ4n) is 3.51. The maximum atomic E-state index is 13.8. The van der Waals surface area contributed by atoms with Gasteiger partial charge in [0.05, 0.1) is 11.6 Å². The summed E-state index contributed by atoms with van der Waals surface area (Å²) < 4.78 is 41.4. The molecule has 1 aliphatic heterocycles. The molecule has 2 heterocycles. The van der Waals surface area contributed by atoms with Crippen molar-refractivity contribution in [3.63, 3.8) is 0 Å². The summed E-state index contributed by atoms with van der Waals surface area (Å²) in [4.78, 5) is 4.31. The van der Waals surface area contributed by atoms with E-state index in [1.54, 1.807) is 5.38 Å². The van der Waals surface area contributed by atoms with E-state index < -0.39 is 17.8 Å². The van der Waals surface area contributed by atoms with E-state index in [0.717, 1.165) is 23.3 Å². The molecule has 0 unspecified atom stereocenters. The fourth-order valence-corrected chi connectivity index (χ4v) is 4.35. The van der Waals surface area contributed by atoms with Gasteiger partial charge < -0.3 is 5.11 Å². The molecule has 25 heavy (non-hydrogen) atoms. The first-order valence-electron chi connectivity index (χ1n) is 8.09. The summed E-state index contributed by atoms with van der Waals surface area (Å²) in [6, 6.07) is 9.21. The van der Waals surface area contributed by atoms with Gasteiger partial charge in [0.15, 0.2) is 0 Å². The minimum atomic E-state index is -4.82. The number of anilines is 1. The molecule has 4 rings (SSSR count). The smallest absolute Gasteiger partial charge is 0.362 e. The molecule has 2 aliphatic rings. The van der Waals surface area contributed by atoms with Gasteiger partial charge in [-0.25, -0.2) is 4.98 Å². The van der Waals surface area contributed by atoms with Gasteiger partial charge in [-0.1, -0.05) is 36.8 Å². The maximum absolute atomic E-state index is 13.8. The molecular weight excluding hydrogens is 351 g/mol. The summed E-state index contributed by atoms with van der Waals surface area (Å²) in [6.45, 7) is 0. The van der Waals surface area contributed by atoms with Crippen molar-refractivity contribution in [3.8, 4) is 11.3 Å². The Bertz CT molecular complexity index is 805. The molecule has 4 nitrogen and oxygen atoms in total. The minimum absolute atomic E-state index is 0.0561. The zero-order valence-electron chi connectivity index (χ0n) is 13.2. The largest absolute Gasteiger partial charge is 0.439 e. The van der Waals surface area contributed by atoms with Crippen LogP contribution in [0.1, 0.15) is 25.7 Å². The molecule has 2 aromatic rings. The van der Waals surface area contributed by atoms with Crippen molar-refractivity contribution in [3.05, 3.63) is 35.7 Å². The highest BCUT2D eigenvalue weighted by atomic mass is 32.1. The van der Waals surface area contributed by atoms with Crippen LogP contribution in [0.4, 0.5) is 18.3 Å². The molecule has 2 atom stereocenters. The number of aromatic nitrogens is 1. The number of aliphatic hydroxyl groups is 1. The number of hydrazone groups is 1. The molecule has 0 radical (unpaired) electrons. The van der Waals surface area contributed by atoms with Crippen LogP contribution in [0.3, 0.4) is 0 Å². The summed E-state index contributed by atoms with van der Waals surface area (Å²) in [6.07, 6.45) is -2.61. The van der Waals surface area contributed by atoms with Gasteiger partial charge in [-0.3, -0.25) is 0 Å². The van der Waals surface area contributed by atoms with Gasteiger partial charge in [0, 0.05) is 16.7 Å². The Morgan fingerprint density at radius 3 is 2.68 bits per heavy atom. The van der Waals surface area contributed by atoms with Gasteiger partial charge in [0.1, 0.15) is 0 Å². The van der Waals surface area contributed by atoms with Crippen molar-refractivity contribution in [2.45, 2.75) is 37.6 Å². The first-order chi connectivity index (χ1) is 11.9. The summed E-state index contributed by atoms with van der Waals surface area (Å²) in [5.41, 5.74) is -1.22. The average Bonchev–Trinajstić information content (AvgIpc) is 3.19. The number of thiazole rings is 1. The van der Waals surface area contributed by atoms with Gasteiger partial charge in [0.25, 0.3) is 5.72 Å². The number of alkyl halides is 3. The van der Waals surface area contributed by atoms with Crippen molar-refractivity contribution < 1.29 is 18.3 Å². The van der Waals surface area contributed by atoms with Crippen LogP contribution in [0, 0.1) is 5.92 Å². The predicted octanol–water partition coefficient (Wildman–Crippen LogP) is 4.43. The van der Waals surface area contributed by atoms with E-state index >= 15 is 0 Å². The van der Waals surface area contributed by atoms with Gasteiger partial charge in [-0.05, 0) is 19.3 Å². The molecule has 1 saturated carbocycles. The van der Waals surface area contributed by atoms with Gasteiger partial charge in [-0.2, -0.15) is 23.3 Å². The Morgan fingerprint density at radius 2 is 1.96 bits per heavy atom. The number of hydrogen-bond acceptors (Lipinski definition) is 5. The highest BCUT2D eigenvalue weighted by Gasteiger charge is 2.67. The van der Waals surface area contributed by atoms with E-state index in [2.05, 4.69) is 10.1 Å². The predicted molar refractivity (Wildman–Crippen MR) is 90.4 cm³/mol. The number of rotatable bonds is 2. The van der Waals surface area contributed by atoms with Gasteiger partial charge in [-0.15, -0.1) is 11.3 Å². The lowest BCUT2D eigenvalue weighted by Gasteiger charge is -2.38. The third-order valence-corrected chi connectivity index (χ3v) is 5.59. The van der Waals surface area contributed by atoms with Crippen LogP contribution in [0.15, 0.2) is 40.8 Å². The van der Waals surface area contributed by atoms with Crippen LogP contribution in [0.5, 0.6) is 0 Å². The SMILES string of the molecule is O[C@@]1(C(F)(F)F)[C@H]2CCCCC2=NN1c1nc(-c2ccccc2)cs1. The van der Waals surface area contributed by atoms with Crippen LogP contribution in [-0.4, -0.2) is 27.7 Å². The zero-order valence-corrected chi connectivity index (χ0v) is 14.0. The second-order valence-corrected chi connectivity index (χ2v) is 7.14. The number of hydrogen-bond donors (Lipinski definition) is 1. The zero-order chi connectivity index (χ0) is 17.7. The van der Waals surface area contributed by atoms with E-state index in [0.29, 0.717) is 29.3 Å². The molecule has 1 fully saturated rings. The third kappa shape index (κ3) is 2.55. The van der Waals surface area contributed by atoms with E-state index in [1.165, 1.54) is 0 Å². The second kappa shape index (κ2) is 5.81. The summed E-state index contributed by atoms with van der Waals surface area (Å²) in [5.74, 6) is -1.02. The van der Waals surface area contributed by atoms with Gasteiger partial charge >= 0.3 is 6.18 Å². The quantitative estimate of drug-likeness (QED) is 0.854. The molecule has 1 N–H and O–H groups in total. The molecule has 0 bridgehead atoms. The summed E-state index contributed by atoms with van der Waals surface area (Å²) >= 11 is 1.05. The number of benzene rings is 1. The Hall–Kier alpha value is -1.93. The molecule has 0 spiro atoms. The van der Waals surface area contributed by atoms with Gasteiger partial charge in [0.2, 0.25) is 5.13 Å². The van der Waals surface area contributed by atoms with Crippen molar-refractivity contribution in [2.75, 3.05) is 5.01 Å². The maximum Gasteiger partial charge on any atom is 0.439 e. The van der Waals surface area contributed by atoms with Crippen LogP contribution in [-0.2, 0) is 0 Å². The van der Waals surface area contributed by atoms with Crippen molar-refractivity contribution in [2.24, 2.45) is 11.0 Å². The standard InChI is InChI=1S/C17H16F3N3OS/c18-17(19,20)16(24)12-8-4-5-9-13(12)22-23(16)15-21-14(10-25-15)11-6-2-1-3-7-11/h1-3,6-7,10,12,24H,4-5,8-9H2/t12-,16+/m0/s1. The monoisotopic (exact) mass is 367 g/mol. The van der Waals surface area contributed by atoms with E-state index in [4.69, 9.17) is 0 Å². The Labute approximate surface area is 146 Å². The third-order valence-electron chi connectivity index (χ3n) is 4.78. The molecule has 0 saturated heterocycles. The molecule has 1 aromatic carbocycles. The van der Waals surface area contributed by atoms with Crippen LogP contribution in [0.2, 0.25) is 0 Å². The lowest BCUT2D eigenvalue weighted by Crippen LogP contribution is -2.60. The lowest BCUT2D eigenvalue weighted by atomic mass is 9.80. The lowest BCUT2D eigenvalue weighted by molar-refractivity contribution is -0.269. The van der Waals surface area contributed by atoms with E-state index in [-0.39, 0.29) is 11.6 Å². The number of nitrogens with zero attached hydrogens (tertiary/aromatic N) is 3. The molecular formula is C17H16F3N3OS. The number of fused-ring (bicyclic) bond motifs is 1. The topological polar surface area (TPSA) is 48.7 Å². The van der Waals surface area contributed by atoms with E-state index in [9.17, 15) is 18.3 Å². The van der Waals surface area contributed by atoms with Crippen LogP contribution < -0.4 is 5.01 Å². The molecule has 132 valence electrons. The molecule has 1 aromatic heterocycles. The Kier molecular flexibility index (Phi) is 3.84. The van der Waals surface area contributed by atoms with Crippen molar-refractivity contribution >= 4 is 22.2 Å². The second-order valence-electron chi connectivity index (χ2n) is 6.31. The van der Waals surface area contributed by atoms with Crippen molar-refractivity contribution in [1.29, 1.82) is 0 Å². The summed E-state index contributed by atoms with van der Waals surface area (Å²) in [7, 11) is 0. The highest BCUT2D eigenvalue weighted by Crippen LogP contribution is 2.50. The van der Waals surface area contributed by atoms with Crippen LogP contribution in [0.25, 0.3) is 11.3 Å². The molecule has 8 heteroatoms. The molecule has 1 aliphatic carbocycles.